The van der Waals surface area contributed by atoms with E-state index in [1.54, 1.807) is 10.5 Å². The monoisotopic (exact) mass is 286 g/mol. The minimum absolute atomic E-state index is 0.00240. The van der Waals surface area contributed by atoms with Crippen molar-refractivity contribution in [1.29, 1.82) is 0 Å². The van der Waals surface area contributed by atoms with Crippen LogP contribution in [-0.4, -0.2) is 40.5 Å². The van der Waals surface area contributed by atoms with Crippen molar-refractivity contribution in [3.63, 3.8) is 0 Å². The second-order valence-corrected chi connectivity index (χ2v) is 5.92. The predicted molar refractivity (Wildman–Crippen MR) is 83.6 cm³/mol. The zero-order valence-electron chi connectivity index (χ0n) is 12.7. The van der Waals surface area contributed by atoms with Gasteiger partial charge in [0, 0.05) is 24.8 Å². The molecule has 0 saturated carbocycles. The molecule has 21 heavy (non-hydrogen) atoms. The molecule has 0 aliphatic carbocycles. The SMILES string of the molecule is Cc1ccc2nc(CN(C)C3CCNCC3)cc(=O)n2c1. The summed E-state index contributed by atoms with van der Waals surface area (Å²) in [5.41, 5.74) is 2.63. The molecule has 0 aromatic carbocycles. The molecule has 0 radical (unpaired) electrons. The molecule has 5 nitrogen and oxygen atoms in total. The lowest BCUT2D eigenvalue weighted by Crippen LogP contribution is -2.41. The number of aryl methyl sites for hydroxylation is 1. The zero-order valence-corrected chi connectivity index (χ0v) is 12.7. The number of piperidine rings is 1. The number of aromatic nitrogens is 2. The van der Waals surface area contributed by atoms with Crippen LogP contribution in [0, 0.1) is 6.92 Å². The van der Waals surface area contributed by atoms with Crippen molar-refractivity contribution in [1.82, 2.24) is 19.6 Å². The first-order valence-electron chi connectivity index (χ1n) is 7.53. The highest BCUT2D eigenvalue weighted by Crippen LogP contribution is 2.12. The summed E-state index contributed by atoms with van der Waals surface area (Å²) in [5.74, 6) is 0. The zero-order chi connectivity index (χ0) is 14.8. The average molecular weight is 286 g/mol. The molecule has 2 aromatic heterocycles. The van der Waals surface area contributed by atoms with Gasteiger partial charge < -0.3 is 5.32 Å². The summed E-state index contributed by atoms with van der Waals surface area (Å²) in [6.45, 7) is 4.85. The maximum atomic E-state index is 12.2. The maximum Gasteiger partial charge on any atom is 0.258 e. The first kappa shape index (κ1) is 14.2. The van der Waals surface area contributed by atoms with Crippen LogP contribution in [0.5, 0.6) is 0 Å². The van der Waals surface area contributed by atoms with Gasteiger partial charge in [-0.3, -0.25) is 14.1 Å². The second kappa shape index (κ2) is 5.95. The fourth-order valence-corrected chi connectivity index (χ4v) is 2.97. The van der Waals surface area contributed by atoms with Crippen molar-refractivity contribution < 1.29 is 0 Å². The van der Waals surface area contributed by atoms with E-state index in [1.165, 1.54) is 0 Å². The van der Waals surface area contributed by atoms with Crippen LogP contribution < -0.4 is 10.9 Å². The quantitative estimate of drug-likeness (QED) is 0.921. The summed E-state index contributed by atoms with van der Waals surface area (Å²) >= 11 is 0. The lowest BCUT2D eigenvalue weighted by molar-refractivity contribution is 0.190. The Kier molecular flexibility index (Phi) is 4.03. The molecular formula is C16H22N4O. The van der Waals surface area contributed by atoms with Gasteiger partial charge in [-0.1, -0.05) is 6.07 Å². The van der Waals surface area contributed by atoms with Crippen LogP contribution >= 0.6 is 0 Å². The molecular weight excluding hydrogens is 264 g/mol. The highest BCUT2D eigenvalue weighted by atomic mass is 16.1. The van der Waals surface area contributed by atoms with Crippen molar-refractivity contribution in [2.75, 3.05) is 20.1 Å². The number of hydrogen-bond acceptors (Lipinski definition) is 4. The van der Waals surface area contributed by atoms with Gasteiger partial charge in [-0.05, 0) is 51.5 Å². The molecule has 3 rings (SSSR count). The summed E-state index contributed by atoms with van der Waals surface area (Å²) in [5, 5.41) is 3.38. The molecule has 1 aliphatic heterocycles. The van der Waals surface area contributed by atoms with Crippen LogP contribution in [0.2, 0.25) is 0 Å². The summed E-state index contributed by atoms with van der Waals surface area (Å²) in [6, 6.07) is 6.13. The van der Waals surface area contributed by atoms with Gasteiger partial charge in [0.25, 0.3) is 5.56 Å². The Labute approximate surface area is 124 Å². The van der Waals surface area contributed by atoms with Gasteiger partial charge in [0.1, 0.15) is 5.65 Å². The minimum atomic E-state index is -0.00240. The Hall–Kier alpha value is -1.72. The largest absolute Gasteiger partial charge is 0.317 e. The Morgan fingerprint density at radius 2 is 2.14 bits per heavy atom. The fraction of sp³-hybridized carbons (Fsp3) is 0.500. The van der Waals surface area contributed by atoms with Crippen molar-refractivity contribution in [2.24, 2.45) is 0 Å². The van der Waals surface area contributed by atoms with Gasteiger partial charge in [0.2, 0.25) is 0 Å². The molecule has 1 saturated heterocycles. The predicted octanol–water partition coefficient (Wildman–Crippen LogP) is 1.19. The normalized spacial score (nSPS) is 16.7. The Balaban J connectivity index is 1.84. The molecule has 112 valence electrons. The van der Waals surface area contributed by atoms with Gasteiger partial charge in [-0.2, -0.15) is 0 Å². The van der Waals surface area contributed by atoms with E-state index < -0.39 is 0 Å². The summed E-state index contributed by atoms with van der Waals surface area (Å²) in [6.07, 6.45) is 4.15. The van der Waals surface area contributed by atoms with E-state index in [2.05, 4.69) is 22.2 Å². The third kappa shape index (κ3) is 3.14. The lowest BCUT2D eigenvalue weighted by atomic mass is 10.1. The molecule has 2 aromatic rings. The molecule has 0 spiro atoms. The van der Waals surface area contributed by atoms with Crippen LogP contribution in [0.3, 0.4) is 0 Å². The van der Waals surface area contributed by atoms with Crippen molar-refractivity contribution in [3.05, 3.63) is 46.0 Å². The average Bonchev–Trinajstić information content (AvgIpc) is 2.49. The number of pyridine rings is 1. The Morgan fingerprint density at radius 1 is 1.38 bits per heavy atom. The molecule has 1 aliphatic rings. The van der Waals surface area contributed by atoms with Crippen molar-refractivity contribution in [2.45, 2.75) is 32.4 Å². The van der Waals surface area contributed by atoms with E-state index in [0.29, 0.717) is 6.04 Å². The van der Waals surface area contributed by atoms with Gasteiger partial charge in [0.15, 0.2) is 0 Å². The smallest absolute Gasteiger partial charge is 0.258 e. The molecule has 0 unspecified atom stereocenters. The van der Waals surface area contributed by atoms with Crippen molar-refractivity contribution in [3.8, 4) is 0 Å². The Bertz CT molecular complexity index is 688. The van der Waals surface area contributed by atoms with E-state index in [9.17, 15) is 4.79 Å². The number of rotatable bonds is 3. The van der Waals surface area contributed by atoms with E-state index in [0.717, 1.165) is 49.4 Å². The Morgan fingerprint density at radius 3 is 2.90 bits per heavy atom. The van der Waals surface area contributed by atoms with Crippen LogP contribution in [-0.2, 0) is 6.54 Å². The van der Waals surface area contributed by atoms with Gasteiger partial charge in [-0.25, -0.2) is 4.98 Å². The number of nitrogens with one attached hydrogen (secondary N) is 1. The van der Waals surface area contributed by atoms with E-state index in [4.69, 9.17) is 0 Å². The summed E-state index contributed by atoms with van der Waals surface area (Å²) in [7, 11) is 2.12. The highest BCUT2D eigenvalue weighted by Gasteiger charge is 2.18. The topological polar surface area (TPSA) is 49.6 Å². The van der Waals surface area contributed by atoms with Gasteiger partial charge in [-0.15, -0.1) is 0 Å². The molecule has 0 amide bonds. The van der Waals surface area contributed by atoms with Gasteiger partial charge in [0.05, 0.1) is 5.69 Å². The molecule has 0 bridgehead atoms. The molecule has 0 atom stereocenters. The number of hydrogen-bond donors (Lipinski definition) is 1. The van der Waals surface area contributed by atoms with E-state index >= 15 is 0 Å². The number of nitrogens with zero attached hydrogens (tertiary/aromatic N) is 3. The van der Waals surface area contributed by atoms with Gasteiger partial charge >= 0.3 is 0 Å². The van der Waals surface area contributed by atoms with Crippen LogP contribution in [0.4, 0.5) is 0 Å². The first-order valence-corrected chi connectivity index (χ1v) is 7.53. The van der Waals surface area contributed by atoms with Crippen molar-refractivity contribution >= 4 is 5.65 Å². The molecule has 3 heterocycles. The standard InChI is InChI=1S/C16H22N4O/c1-12-3-4-15-18-13(9-16(21)20(15)10-12)11-19(2)14-5-7-17-8-6-14/h3-4,9-10,14,17H,5-8,11H2,1-2H3. The highest BCUT2D eigenvalue weighted by molar-refractivity contribution is 5.39. The third-order valence-corrected chi connectivity index (χ3v) is 4.20. The lowest BCUT2D eigenvalue weighted by Gasteiger charge is -2.31. The molecule has 1 N–H and O–H groups in total. The molecule has 5 heteroatoms. The third-order valence-electron chi connectivity index (χ3n) is 4.20. The van der Waals surface area contributed by atoms with E-state index in [1.807, 2.05) is 25.3 Å². The summed E-state index contributed by atoms with van der Waals surface area (Å²) < 4.78 is 1.61. The van der Waals surface area contributed by atoms with E-state index in [-0.39, 0.29) is 5.56 Å². The second-order valence-electron chi connectivity index (χ2n) is 5.92. The fourth-order valence-electron chi connectivity index (χ4n) is 2.97. The van der Waals surface area contributed by atoms with Crippen LogP contribution in [0.25, 0.3) is 5.65 Å². The first-order chi connectivity index (χ1) is 10.1. The summed E-state index contributed by atoms with van der Waals surface area (Å²) in [4.78, 5) is 19.1. The van der Waals surface area contributed by atoms with Crippen LogP contribution in [0.1, 0.15) is 24.1 Å². The number of fused-ring (bicyclic) bond motifs is 1. The molecule has 1 fully saturated rings. The minimum Gasteiger partial charge on any atom is -0.317 e. The maximum absolute atomic E-state index is 12.2. The van der Waals surface area contributed by atoms with Crippen LogP contribution in [0.15, 0.2) is 29.2 Å².